The van der Waals surface area contributed by atoms with E-state index in [0.717, 1.165) is 17.5 Å². The first-order valence-electron chi connectivity index (χ1n) is 11.2. The van der Waals surface area contributed by atoms with Crippen molar-refractivity contribution in [3.8, 4) is 23.7 Å². The van der Waals surface area contributed by atoms with Gasteiger partial charge in [-0.05, 0) is 73.2 Å². The van der Waals surface area contributed by atoms with E-state index in [0.29, 0.717) is 0 Å². The lowest BCUT2D eigenvalue weighted by Crippen LogP contribution is -1.86. The Labute approximate surface area is 178 Å². The third-order valence-electron chi connectivity index (χ3n) is 4.98. The van der Waals surface area contributed by atoms with Gasteiger partial charge in [-0.2, -0.15) is 0 Å². The number of unbranched alkanes of at least 4 members (excludes halogenated alkanes) is 5. The summed E-state index contributed by atoms with van der Waals surface area (Å²) in [4.78, 5) is 0. The number of allylic oxidation sites excluding steroid dienone is 2. The largest absolute Gasteiger partial charge is 0.0689 e. The standard InChI is InChI=1S/C29H34/c1-3-5-7-8-11-15-27-22-24-29(25-23-27)17-13-10-9-12-16-28-20-18-26(19-21-28)14-6-4-2/h9-10,18-25H,3-8,11,14-15H2,1-2H3. The summed E-state index contributed by atoms with van der Waals surface area (Å²) >= 11 is 0. The number of hydrogen-bond donors (Lipinski definition) is 0. The fourth-order valence-electron chi connectivity index (χ4n) is 3.16. The molecule has 0 atom stereocenters. The van der Waals surface area contributed by atoms with E-state index in [9.17, 15) is 0 Å². The van der Waals surface area contributed by atoms with Gasteiger partial charge in [-0.15, -0.1) is 0 Å². The molecule has 0 bridgehead atoms. The van der Waals surface area contributed by atoms with E-state index in [1.54, 1.807) is 0 Å². The number of rotatable bonds is 9. The van der Waals surface area contributed by atoms with Crippen LogP contribution in [-0.4, -0.2) is 0 Å². The molecule has 150 valence electrons. The van der Waals surface area contributed by atoms with Crippen LogP contribution >= 0.6 is 0 Å². The van der Waals surface area contributed by atoms with Crippen LogP contribution in [0.3, 0.4) is 0 Å². The predicted octanol–water partition coefficient (Wildman–Crippen LogP) is 7.50. The molecule has 0 aliphatic carbocycles. The van der Waals surface area contributed by atoms with Gasteiger partial charge < -0.3 is 0 Å². The minimum atomic E-state index is 1.05. The highest BCUT2D eigenvalue weighted by Crippen LogP contribution is 2.10. The van der Waals surface area contributed by atoms with E-state index in [2.05, 4.69) is 86.1 Å². The second-order valence-corrected chi connectivity index (χ2v) is 7.53. The lowest BCUT2D eigenvalue weighted by molar-refractivity contribution is 0.632. The average molecular weight is 383 g/mol. The fourth-order valence-corrected chi connectivity index (χ4v) is 3.16. The van der Waals surface area contributed by atoms with Gasteiger partial charge in [0.25, 0.3) is 0 Å². The van der Waals surface area contributed by atoms with Crippen LogP contribution in [0.1, 0.15) is 81.0 Å². The third-order valence-corrected chi connectivity index (χ3v) is 4.98. The van der Waals surface area contributed by atoms with E-state index in [-0.39, 0.29) is 0 Å². The second kappa shape index (κ2) is 14.3. The maximum absolute atomic E-state index is 3.18. The van der Waals surface area contributed by atoms with Gasteiger partial charge in [-0.1, -0.05) is 93.9 Å². The van der Waals surface area contributed by atoms with Gasteiger partial charge in [0.1, 0.15) is 0 Å². The van der Waals surface area contributed by atoms with Crippen LogP contribution in [0.2, 0.25) is 0 Å². The molecule has 29 heavy (non-hydrogen) atoms. The first-order chi connectivity index (χ1) is 14.3. The third kappa shape index (κ3) is 9.87. The predicted molar refractivity (Wildman–Crippen MR) is 127 cm³/mol. The number of aryl methyl sites for hydroxylation is 2. The topological polar surface area (TPSA) is 0 Å². The average Bonchev–Trinajstić information content (AvgIpc) is 2.76. The van der Waals surface area contributed by atoms with Crippen LogP contribution in [0.15, 0.2) is 60.7 Å². The minimum Gasteiger partial charge on any atom is -0.0689 e. The summed E-state index contributed by atoms with van der Waals surface area (Å²) in [5.74, 6) is 12.5. The molecule has 0 N–H and O–H groups in total. The summed E-state index contributed by atoms with van der Waals surface area (Å²) in [7, 11) is 0. The summed E-state index contributed by atoms with van der Waals surface area (Å²) in [5, 5.41) is 0. The molecule has 0 spiro atoms. The van der Waals surface area contributed by atoms with Crippen molar-refractivity contribution in [3.63, 3.8) is 0 Å². The van der Waals surface area contributed by atoms with Crippen molar-refractivity contribution in [2.24, 2.45) is 0 Å². The summed E-state index contributed by atoms with van der Waals surface area (Å²) in [6, 6.07) is 17.2. The molecular weight excluding hydrogens is 348 g/mol. The van der Waals surface area contributed by atoms with Crippen LogP contribution in [0, 0.1) is 23.7 Å². The molecular formula is C29H34. The van der Waals surface area contributed by atoms with Crippen LogP contribution < -0.4 is 0 Å². The van der Waals surface area contributed by atoms with Crippen molar-refractivity contribution in [1.82, 2.24) is 0 Å². The molecule has 0 radical (unpaired) electrons. The second-order valence-electron chi connectivity index (χ2n) is 7.53. The van der Waals surface area contributed by atoms with Gasteiger partial charge in [0.2, 0.25) is 0 Å². The molecule has 0 aromatic heterocycles. The van der Waals surface area contributed by atoms with Gasteiger partial charge in [0.05, 0.1) is 0 Å². The molecule has 0 amide bonds. The summed E-state index contributed by atoms with van der Waals surface area (Å²) in [5.41, 5.74) is 4.91. The lowest BCUT2D eigenvalue weighted by Gasteiger charge is -2.01. The van der Waals surface area contributed by atoms with Gasteiger partial charge in [-0.3, -0.25) is 0 Å². The molecule has 0 unspecified atom stereocenters. The van der Waals surface area contributed by atoms with E-state index < -0.39 is 0 Å². The van der Waals surface area contributed by atoms with E-state index >= 15 is 0 Å². The fraction of sp³-hybridized carbons (Fsp3) is 0.379. The Balaban J connectivity index is 1.76. The molecule has 2 aromatic carbocycles. The molecule has 0 heterocycles. The molecule has 0 fully saturated rings. The monoisotopic (exact) mass is 382 g/mol. The van der Waals surface area contributed by atoms with Crippen LogP contribution in [0.5, 0.6) is 0 Å². The minimum absolute atomic E-state index is 1.05. The van der Waals surface area contributed by atoms with Crippen molar-refractivity contribution < 1.29 is 0 Å². The Bertz CT molecular complexity index is 843. The zero-order valence-electron chi connectivity index (χ0n) is 18.1. The van der Waals surface area contributed by atoms with Crippen molar-refractivity contribution in [2.45, 2.75) is 71.6 Å². The van der Waals surface area contributed by atoms with Crippen LogP contribution in [0.25, 0.3) is 0 Å². The molecule has 0 nitrogen and oxygen atoms in total. The quantitative estimate of drug-likeness (QED) is 0.311. The summed E-state index contributed by atoms with van der Waals surface area (Å²) < 4.78 is 0. The maximum atomic E-state index is 3.18. The maximum Gasteiger partial charge on any atom is 0.0249 e. The molecule has 0 saturated heterocycles. The number of benzene rings is 2. The first kappa shape index (κ1) is 22.6. The summed E-state index contributed by atoms with van der Waals surface area (Å²) in [6.45, 7) is 4.48. The summed E-state index contributed by atoms with van der Waals surface area (Å²) in [6.07, 6.45) is 15.1. The molecule has 0 aliphatic rings. The highest BCUT2D eigenvalue weighted by molar-refractivity contribution is 5.42. The zero-order valence-corrected chi connectivity index (χ0v) is 18.1. The zero-order chi connectivity index (χ0) is 20.6. The Hall–Kier alpha value is -2.70. The highest BCUT2D eigenvalue weighted by atomic mass is 14.0. The lowest BCUT2D eigenvalue weighted by atomic mass is 10.0. The van der Waals surface area contributed by atoms with Crippen LogP contribution in [-0.2, 0) is 12.8 Å². The van der Waals surface area contributed by atoms with Crippen molar-refractivity contribution >= 4 is 0 Å². The smallest absolute Gasteiger partial charge is 0.0249 e. The number of hydrogen-bond acceptors (Lipinski definition) is 0. The Morgan fingerprint density at radius 2 is 1.00 bits per heavy atom. The van der Waals surface area contributed by atoms with Crippen molar-refractivity contribution in [3.05, 3.63) is 82.9 Å². The molecule has 2 aromatic rings. The first-order valence-corrected chi connectivity index (χ1v) is 11.2. The molecule has 2 rings (SSSR count). The van der Waals surface area contributed by atoms with E-state index in [1.807, 2.05) is 12.2 Å². The molecule has 0 aliphatic heterocycles. The van der Waals surface area contributed by atoms with Gasteiger partial charge in [-0.25, -0.2) is 0 Å². The normalized spacial score (nSPS) is 10.3. The molecule has 0 saturated carbocycles. The van der Waals surface area contributed by atoms with Gasteiger partial charge >= 0.3 is 0 Å². The van der Waals surface area contributed by atoms with Crippen molar-refractivity contribution in [1.29, 1.82) is 0 Å². The molecule has 0 heteroatoms. The van der Waals surface area contributed by atoms with E-state index in [1.165, 1.54) is 62.5 Å². The van der Waals surface area contributed by atoms with E-state index in [4.69, 9.17) is 0 Å². The van der Waals surface area contributed by atoms with Crippen LogP contribution in [0.4, 0.5) is 0 Å². The Morgan fingerprint density at radius 1 is 0.552 bits per heavy atom. The van der Waals surface area contributed by atoms with Crippen molar-refractivity contribution in [2.75, 3.05) is 0 Å². The van der Waals surface area contributed by atoms with Gasteiger partial charge in [0, 0.05) is 11.1 Å². The Kier molecular flexibility index (Phi) is 11.2. The Morgan fingerprint density at radius 3 is 1.48 bits per heavy atom. The van der Waals surface area contributed by atoms with Gasteiger partial charge in [0.15, 0.2) is 0 Å². The highest BCUT2D eigenvalue weighted by Gasteiger charge is 1.94. The SMILES string of the molecule is CCCCCCCc1ccc(C#CC=CC#Cc2ccc(CCCC)cc2)cc1.